The average Bonchev–Trinajstić information content (AvgIpc) is 3.20. The van der Waals surface area contributed by atoms with Gasteiger partial charge in [0.15, 0.2) is 5.82 Å². The molecule has 0 unspecified atom stereocenters. The van der Waals surface area contributed by atoms with Gasteiger partial charge in [-0.15, -0.1) is 0 Å². The van der Waals surface area contributed by atoms with Gasteiger partial charge in [-0.3, -0.25) is 4.90 Å². The smallest absolute Gasteiger partial charge is 0.338 e. The average molecular weight is 429 g/mol. The van der Waals surface area contributed by atoms with Crippen LogP contribution in [0.15, 0.2) is 43.1 Å². The molecular formula is C26H24FN3O2. The highest BCUT2D eigenvalue weighted by molar-refractivity contribution is 5.93. The van der Waals surface area contributed by atoms with E-state index in [4.69, 9.17) is 9.72 Å². The first kappa shape index (κ1) is 20.5. The zero-order valence-corrected chi connectivity index (χ0v) is 18.0. The lowest BCUT2D eigenvalue weighted by Crippen LogP contribution is -2.33. The Morgan fingerprint density at radius 3 is 3.00 bits per heavy atom. The lowest BCUT2D eigenvalue weighted by Gasteiger charge is -2.28. The van der Waals surface area contributed by atoms with Crippen molar-refractivity contribution in [2.45, 2.75) is 32.9 Å². The minimum Gasteiger partial charge on any atom is -0.457 e. The number of carbonyl (C=O) groups is 1. The van der Waals surface area contributed by atoms with E-state index >= 15 is 0 Å². The van der Waals surface area contributed by atoms with Crippen molar-refractivity contribution in [2.75, 3.05) is 13.1 Å². The predicted molar refractivity (Wildman–Crippen MR) is 121 cm³/mol. The molecule has 0 aliphatic carbocycles. The third-order valence-corrected chi connectivity index (χ3v) is 6.46. The molecule has 0 saturated carbocycles. The van der Waals surface area contributed by atoms with Crippen molar-refractivity contribution in [1.82, 2.24) is 14.9 Å². The molecule has 32 heavy (non-hydrogen) atoms. The lowest BCUT2D eigenvalue weighted by atomic mass is 9.96. The summed E-state index contributed by atoms with van der Waals surface area (Å²) in [6.45, 7) is 8.78. The summed E-state index contributed by atoms with van der Waals surface area (Å²) in [5, 5.41) is 0. The monoisotopic (exact) mass is 429 g/mol. The first-order chi connectivity index (χ1) is 15.5. The Morgan fingerprint density at radius 1 is 1.28 bits per heavy atom. The second-order valence-electron chi connectivity index (χ2n) is 8.33. The van der Waals surface area contributed by atoms with Crippen LogP contribution in [0.1, 0.15) is 43.9 Å². The molecule has 0 bridgehead atoms. The van der Waals surface area contributed by atoms with E-state index in [0.717, 1.165) is 60.4 Å². The number of hydrogen-bond acceptors (Lipinski definition) is 5. The topological polar surface area (TPSA) is 55.3 Å². The van der Waals surface area contributed by atoms with Gasteiger partial charge in [0.05, 0.1) is 11.3 Å². The lowest BCUT2D eigenvalue weighted by molar-refractivity contribution is 0.0535. The Labute approximate surface area is 186 Å². The van der Waals surface area contributed by atoms with Crippen LogP contribution in [0.4, 0.5) is 4.39 Å². The van der Waals surface area contributed by atoms with Crippen LogP contribution in [0, 0.1) is 12.7 Å². The van der Waals surface area contributed by atoms with Gasteiger partial charge in [-0.05, 0) is 48.7 Å². The molecule has 0 atom stereocenters. The number of aromatic nitrogens is 2. The molecule has 3 aromatic rings. The number of hydrogen-bond donors (Lipinski definition) is 0. The quantitative estimate of drug-likeness (QED) is 0.559. The van der Waals surface area contributed by atoms with Crippen LogP contribution in [0.3, 0.4) is 0 Å². The highest BCUT2D eigenvalue weighted by Crippen LogP contribution is 2.27. The third kappa shape index (κ3) is 3.71. The number of benzene rings is 2. The summed E-state index contributed by atoms with van der Waals surface area (Å²) in [6.07, 6.45) is 5.17. The van der Waals surface area contributed by atoms with E-state index in [9.17, 15) is 9.18 Å². The molecule has 0 radical (unpaired) electrons. The van der Waals surface area contributed by atoms with E-state index in [1.54, 1.807) is 12.1 Å². The van der Waals surface area contributed by atoms with Crippen LogP contribution in [0.25, 0.3) is 17.5 Å². The first-order valence-electron chi connectivity index (χ1n) is 10.8. The molecule has 0 saturated heterocycles. The van der Waals surface area contributed by atoms with E-state index in [-0.39, 0.29) is 11.8 Å². The molecule has 0 amide bonds. The third-order valence-electron chi connectivity index (χ3n) is 6.46. The molecule has 2 aliphatic heterocycles. The Kier molecular flexibility index (Phi) is 5.31. The summed E-state index contributed by atoms with van der Waals surface area (Å²) < 4.78 is 18.9. The Hall–Kier alpha value is -3.38. The van der Waals surface area contributed by atoms with E-state index in [0.29, 0.717) is 23.6 Å². The van der Waals surface area contributed by atoms with Crippen LogP contribution >= 0.6 is 0 Å². The molecule has 3 heterocycles. The van der Waals surface area contributed by atoms with Gasteiger partial charge in [0.1, 0.15) is 12.4 Å². The van der Waals surface area contributed by atoms with Gasteiger partial charge in [0.2, 0.25) is 0 Å². The number of fused-ring (bicyclic) bond motifs is 2. The van der Waals surface area contributed by atoms with E-state index in [1.807, 2.05) is 18.3 Å². The van der Waals surface area contributed by atoms with Gasteiger partial charge < -0.3 is 4.74 Å². The molecule has 0 fully saturated rings. The molecule has 5 rings (SSSR count). The van der Waals surface area contributed by atoms with E-state index in [2.05, 4.69) is 23.4 Å². The van der Waals surface area contributed by atoms with Gasteiger partial charge in [0, 0.05) is 54.5 Å². The normalized spacial score (nSPS) is 15.2. The second-order valence-corrected chi connectivity index (χ2v) is 8.33. The fourth-order valence-corrected chi connectivity index (χ4v) is 4.49. The van der Waals surface area contributed by atoms with Gasteiger partial charge in [-0.1, -0.05) is 18.7 Å². The minimum atomic E-state index is -0.296. The largest absolute Gasteiger partial charge is 0.457 e. The zero-order chi connectivity index (χ0) is 22.2. The number of carbonyl (C=O) groups excluding carboxylic acids is 1. The minimum absolute atomic E-state index is 0.219. The van der Waals surface area contributed by atoms with Crippen LogP contribution < -0.4 is 0 Å². The van der Waals surface area contributed by atoms with Gasteiger partial charge >= 0.3 is 5.97 Å². The number of halogens is 1. The fraction of sp³-hybridized carbons (Fsp3) is 0.269. The maximum atomic E-state index is 13.8. The van der Waals surface area contributed by atoms with E-state index < -0.39 is 0 Å². The maximum Gasteiger partial charge on any atom is 0.338 e. The van der Waals surface area contributed by atoms with Crippen molar-refractivity contribution >= 4 is 12.0 Å². The van der Waals surface area contributed by atoms with Crippen LogP contribution in [-0.4, -0.2) is 33.9 Å². The number of esters is 1. The zero-order valence-electron chi connectivity index (χ0n) is 18.0. The Bertz CT molecular complexity index is 1240. The van der Waals surface area contributed by atoms with Crippen molar-refractivity contribution in [3.63, 3.8) is 0 Å². The SMILES string of the molecule is C=Cc1cc(-c2ncc3c(n2)CCN(CCc2ccc4c(c2C)COC4=O)C3)ccc1F. The summed E-state index contributed by atoms with van der Waals surface area (Å²) in [5.74, 6) is 0.101. The number of ether oxygens (including phenoxy) is 1. The molecule has 2 aliphatic rings. The standard InChI is InChI=1S/C26H24FN3O2/c1-3-17-12-19(5-7-23(17)27)25-28-13-20-14-30(11-9-24(20)29-25)10-8-18-4-6-21-22(16(18)2)15-32-26(21)31/h3-7,12-13H,1,8-11,14-15H2,2H3. The summed E-state index contributed by atoms with van der Waals surface area (Å²) in [4.78, 5) is 23.5. The Morgan fingerprint density at radius 2 is 2.16 bits per heavy atom. The van der Waals surface area contributed by atoms with Crippen molar-refractivity contribution in [2.24, 2.45) is 0 Å². The summed E-state index contributed by atoms with van der Waals surface area (Å²) >= 11 is 0. The van der Waals surface area contributed by atoms with Crippen molar-refractivity contribution in [3.8, 4) is 11.4 Å². The fourth-order valence-electron chi connectivity index (χ4n) is 4.49. The van der Waals surface area contributed by atoms with Crippen LogP contribution in [0.5, 0.6) is 0 Å². The van der Waals surface area contributed by atoms with Crippen molar-refractivity contribution < 1.29 is 13.9 Å². The number of nitrogens with zero attached hydrogens (tertiary/aromatic N) is 3. The molecular weight excluding hydrogens is 405 g/mol. The van der Waals surface area contributed by atoms with Gasteiger partial charge in [-0.25, -0.2) is 19.2 Å². The molecule has 162 valence electrons. The van der Waals surface area contributed by atoms with Gasteiger partial charge in [0.25, 0.3) is 0 Å². The highest BCUT2D eigenvalue weighted by Gasteiger charge is 2.24. The maximum absolute atomic E-state index is 13.8. The highest BCUT2D eigenvalue weighted by atomic mass is 19.1. The molecule has 2 aromatic carbocycles. The molecule has 1 aromatic heterocycles. The van der Waals surface area contributed by atoms with Gasteiger partial charge in [-0.2, -0.15) is 0 Å². The Balaban J connectivity index is 1.28. The second kappa shape index (κ2) is 8.28. The number of rotatable bonds is 5. The summed E-state index contributed by atoms with van der Waals surface area (Å²) in [7, 11) is 0. The summed E-state index contributed by atoms with van der Waals surface area (Å²) in [6, 6.07) is 8.81. The van der Waals surface area contributed by atoms with E-state index in [1.165, 1.54) is 17.7 Å². The van der Waals surface area contributed by atoms with Crippen LogP contribution in [0.2, 0.25) is 0 Å². The van der Waals surface area contributed by atoms with Crippen molar-refractivity contribution in [3.05, 3.63) is 88.0 Å². The molecule has 0 N–H and O–H groups in total. The predicted octanol–water partition coefficient (Wildman–Crippen LogP) is 4.51. The molecule has 0 spiro atoms. The van der Waals surface area contributed by atoms with Crippen molar-refractivity contribution in [1.29, 1.82) is 0 Å². The molecule has 5 nitrogen and oxygen atoms in total. The van der Waals surface area contributed by atoms with Crippen LogP contribution in [-0.2, 0) is 30.7 Å². The number of cyclic esters (lactones) is 1. The first-order valence-corrected chi connectivity index (χ1v) is 10.8. The molecule has 6 heteroatoms. The summed E-state index contributed by atoms with van der Waals surface area (Å²) in [5.41, 5.74) is 7.58.